The first-order chi connectivity index (χ1) is 13.4. The fourth-order valence-electron chi connectivity index (χ4n) is 3.57. The first-order valence-corrected chi connectivity index (χ1v) is 9.51. The van der Waals surface area contributed by atoms with Crippen molar-refractivity contribution in [3.63, 3.8) is 0 Å². The number of hydrogen-bond acceptors (Lipinski definition) is 6. The molecule has 1 aliphatic rings. The van der Waals surface area contributed by atoms with Crippen molar-refractivity contribution in [2.75, 3.05) is 25.0 Å². The summed E-state index contributed by atoms with van der Waals surface area (Å²) in [6.07, 6.45) is 13.0. The van der Waals surface area contributed by atoms with Gasteiger partial charge in [-0.05, 0) is 55.8 Å². The lowest BCUT2D eigenvalue weighted by Crippen LogP contribution is -2.37. The van der Waals surface area contributed by atoms with Crippen LogP contribution in [0.1, 0.15) is 30.9 Å². The molecule has 4 heterocycles. The zero-order valence-corrected chi connectivity index (χ0v) is 15.3. The molecule has 1 saturated heterocycles. The van der Waals surface area contributed by atoms with Crippen molar-refractivity contribution in [2.24, 2.45) is 0 Å². The summed E-state index contributed by atoms with van der Waals surface area (Å²) in [5.41, 5.74) is 3.09. The maximum Gasteiger partial charge on any atom is 0.223 e. The van der Waals surface area contributed by atoms with Crippen molar-refractivity contribution in [3.8, 4) is 11.3 Å². The Morgan fingerprint density at radius 3 is 2.48 bits per heavy atom. The summed E-state index contributed by atoms with van der Waals surface area (Å²) in [6.45, 7) is 3.00. The number of likely N-dealkylation sites (tertiary alicyclic amines) is 1. The maximum absolute atomic E-state index is 4.66. The number of hydrogen-bond donors (Lipinski definition) is 1. The predicted molar refractivity (Wildman–Crippen MR) is 106 cm³/mol. The monoisotopic (exact) mass is 360 g/mol. The number of nitrogens with one attached hydrogen (secondary N) is 1. The molecule has 0 saturated carbocycles. The molecule has 1 unspecified atom stereocenters. The molecular formula is C21H24N6. The molecule has 0 spiro atoms. The fraction of sp³-hybridized carbons (Fsp3) is 0.333. The Morgan fingerprint density at radius 1 is 0.926 bits per heavy atom. The summed E-state index contributed by atoms with van der Waals surface area (Å²) >= 11 is 0. The van der Waals surface area contributed by atoms with Gasteiger partial charge in [0.15, 0.2) is 0 Å². The summed E-state index contributed by atoms with van der Waals surface area (Å²) in [4.78, 5) is 20.1. The van der Waals surface area contributed by atoms with Gasteiger partial charge in [0, 0.05) is 43.1 Å². The highest BCUT2D eigenvalue weighted by molar-refractivity contribution is 5.58. The number of anilines is 1. The van der Waals surface area contributed by atoms with Crippen molar-refractivity contribution >= 4 is 5.95 Å². The van der Waals surface area contributed by atoms with Gasteiger partial charge in [0.2, 0.25) is 5.95 Å². The summed E-state index contributed by atoms with van der Waals surface area (Å²) < 4.78 is 0. The molecule has 3 aromatic heterocycles. The summed E-state index contributed by atoms with van der Waals surface area (Å²) in [5, 5.41) is 3.44. The molecule has 0 aromatic carbocycles. The van der Waals surface area contributed by atoms with Crippen LogP contribution in [0.2, 0.25) is 0 Å². The molecule has 1 N–H and O–H groups in total. The average molecular weight is 360 g/mol. The van der Waals surface area contributed by atoms with Crippen molar-refractivity contribution in [2.45, 2.75) is 25.3 Å². The molecule has 0 bridgehead atoms. The zero-order valence-electron chi connectivity index (χ0n) is 15.3. The number of pyridine rings is 2. The molecule has 1 aliphatic heterocycles. The van der Waals surface area contributed by atoms with E-state index in [2.05, 4.69) is 36.2 Å². The Hall–Kier alpha value is -2.86. The van der Waals surface area contributed by atoms with E-state index in [1.54, 1.807) is 12.4 Å². The molecule has 6 heteroatoms. The third kappa shape index (κ3) is 4.46. The van der Waals surface area contributed by atoms with Crippen molar-refractivity contribution < 1.29 is 0 Å². The minimum absolute atomic E-state index is 0.268. The van der Waals surface area contributed by atoms with E-state index in [1.807, 2.05) is 42.9 Å². The standard InChI is InChI=1S/C21H24N6/c1-2-12-27(13-3-1)20(18-7-5-10-23-15-18)16-25-21-24-11-8-19(26-21)17-6-4-9-22-14-17/h4-11,14-15,20H,1-3,12-13,16H2,(H,24,25,26). The molecule has 27 heavy (non-hydrogen) atoms. The smallest absolute Gasteiger partial charge is 0.223 e. The van der Waals surface area contributed by atoms with Gasteiger partial charge >= 0.3 is 0 Å². The molecule has 4 rings (SSSR count). The van der Waals surface area contributed by atoms with Crippen LogP contribution in [0.5, 0.6) is 0 Å². The lowest BCUT2D eigenvalue weighted by Gasteiger charge is -2.34. The van der Waals surface area contributed by atoms with Gasteiger partial charge in [-0.25, -0.2) is 9.97 Å². The Morgan fingerprint density at radius 2 is 1.74 bits per heavy atom. The van der Waals surface area contributed by atoms with Crippen LogP contribution in [0, 0.1) is 0 Å². The van der Waals surface area contributed by atoms with E-state index >= 15 is 0 Å². The normalized spacial score (nSPS) is 16.0. The number of aromatic nitrogens is 4. The highest BCUT2D eigenvalue weighted by Crippen LogP contribution is 2.24. The SMILES string of the molecule is c1cncc(-c2ccnc(NCC(c3cccnc3)N3CCCCC3)n2)c1. The van der Waals surface area contributed by atoms with E-state index in [4.69, 9.17) is 0 Å². The van der Waals surface area contributed by atoms with Crippen LogP contribution >= 0.6 is 0 Å². The summed E-state index contributed by atoms with van der Waals surface area (Å²) in [5.74, 6) is 0.641. The van der Waals surface area contributed by atoms with Gasteiger partial charge in [0.05, 0.1) is 11.7 Å². The van der Waals surface area contributed by atoms with E-state index in [-0.39, 0.29) is 6.04 Å². The zero-order chi connectivity index (χ0) is 18.3. The van der Waals surface area contributed by atoms with Gasteiger partial charge in [-0.1, -0.05) is 12.5 Å². The van der Waals surface area contributed by atoms with Gasteiger partial charge < -0.3 is 5.32 Å². The van der Waals surface area contributed by atoms with E-state index in [1.165, 1.54) is 24.8 Å². The molecule has 1 atom stereocenters. The molecule has 0 radical (unpaired) electrons. The van der Waals surface area contributed by atoms with E-state index < -0.39 is 0 Å². The molecule has 1 fully saturated rings. The second-order valence-corrected chi connectivity index (χ2v) is 6.79. The third-order valence-corrected chi connectivity index (χ3v) is 4.97. The van der Waals surface area contributed by atoms with Crippen LogP contribution in [0.4, 0.5) is 5.95 Å². The van der Waals surface area contributed by atoms with Gasteiger partial charge in [-0.2, -0.15) is 0 Å². The van der Waals surface area contributed by atoms with Gasteiger partial charge in [-0.15, -0.1) is 0 Å². The molecule has 0 amide bonds. The third-order valence-electron chi connectivity index (χ3n) is 4.97. The minimum Gasteiger partial charge on any atom is -0.352 e. The first kappa shape index (κ1) is 17.5. The van der Waals surface area contributed by atoms with Crippen LogP contribution in [-0.4, -0.2) is 44.5 Å². The van der Waals surface area contributed by atoms with Crippen LogP contribution < -0.4 is 5.32 Å². The van der Waals surface area contributed by atoms with Crippen molar-refractivity contribution in [3.05, 3.63) is 66.9 Å². The Bertz CT molecular complexity index is 834. The van der Waals surface area contributed by atoms with E-state index in [0.29, 0.717) is 5.95 Å². The summed E-state index contributed by atoms with van der Waals surface area (Å²) in [7, 11) is 0. The lowest BCUT2D eigenvalue weighted by atomic mass is 10.0. The van der Waals surface area contributed by atoms with Crippen LogP contribution in [-0.2, 0) is 0 Å². The fourth-order valence-corrected chi connectivity index (χ4v) is 3.57. The molecule has 138 valence electrons. The Kier molecular flexibility index (Phi) is 5.64. The number of rotatable bonds is 6. The summed E-state index contributed by atoms with van der Waals surface area (Å²) in [6, 6.07) is 10.3. The highest BCUT2D eigenvalue weighted by atomic mass is 15.2. The second kappa shape index (κ2) is 8.68. The highest BCUT2D eigenvalue weighted by Gasteiger charge is 2.22. The van der Waals surface area contributed by atoms with Crippen molar-refractivity contribution in [1.29, 1.82) is 0 Å². The Labute approximate surface area is 159 Å². The van der Waals surface area contributed by atoms with Crippen LogP contribution in [0.15, 0.2) is 61.3 Å². The number of nitrogens with zero attached hydrogens (tertiary/aromatic N) is 5. The Balaban J connectivity index is 1.51. The van der Waals surface area contributed by atoms with E-state index in [9.17, 15) is 0 Å². The minimum atomic E-state index is 0.268. The van der Waals surface area contributed by atoms with Gasteiger partial charge in [-0.3, -0.25) is 14.9 Å². The van der Waals surface area contributed by atoms with Gasteiger partial charge in [0.1, 0.15) is 0 Å². The van der Waals surface area contributed by atoms with Gasteiger partial charge in [0.25, 0.3) is 0 Å². The number of piperidine rings is 1. The van der Waals surface area contributed by atoms with E-state index in [0.717, 1.165) is 30.9 Å². The van der Waals surface area contributed by atoms with Crippen LogP contribution in [0.25, 0.3) is 11.3 Å². The molecule has 3 aromatic rings. The lowest BCUT2D eigenvalue weighted by molar-refractivity contribution is 0.170. The molecule has 0 aliphatic carbocycles. The second-order valence-electron chi connectivity index (χ2n) is 6.79. The molecular weight excluding hydrogens is 336 g/mol. The average Bonchev–Trinajstić information content (AvgIpc) is 2.76. The predicted octanol–water partition coefficient (Wildman–Crippen LogP) is 3.57. The largest absolute Gasteiger partial charge is 0.352 e. The van der Waals surface area contributed by atoms with Crippen LogP contribution in [0.3, 0.4) is 0 Å². The first-order valence-electron chi connectivity index (χ1n) is 9.51. The molecule has 6 nitrogen and oxygen atoms in total. The van der Waals surface area contributed by atoms with Crippen molar-refractivity contribution in [1.82, 2.24) is 24.8 Å². The topological polar surface area (TPSA) is 66.8 Å². The maximum atomic E-state index is 4.66. The quantitative estimate of drug-likeness (QED) is 0.725.